The minimum absolute atomic E-state index is 0.732. The van der Waals surface area contributed by atoms with E-state index >= 15 is 0 Å². The first kappa shape index (κ1) is 31.4. The van der Waals surface area contributed by atoms with Crippen molar-refractivity contribution in [2.24, 2.45) is 11.8 Å². The second kappa shape index (κ2) is 13.3. The first-order chi connectivity index (χ1) is 26.3. The maximum atomic E-state index is 2.54. The Morgan fingerprint density at radius 3 is 1.57 bits per heavy atom. The van der Waals surface area contributed by atoms with Gasteiger partial charge in [-0.2, -0.15) is 0 Å². The Labute approximate surface area is 311 Å². The van der Waals surface area contributed by atoms with E-state index in [0.29, 0.717) is 0 Å². The van der Waals surface area contributed by atoms with Crippen LogP contribution in [0.1, 0.15) is 24.8 Å². The van der Waals surface area contributed by atoms with Gasteiger partial charge in [0.15, 0.2) is 0 Å². The standard InChI is InChI=1S/C51H40N2/c1-4-11-37(12-5-1)38-21-26-44(27-22-38)52(45-28-23-39(24-29-45)50-34-36-19-20-40(50)33-36)46-30-32-47-41(35-46)25-31-49-48(47)17-10-18-51(49)53(42-13-6-2-7-14-42)43-15-8-3-9-16-43/h1-18,21-32,34-36,40H,19-20,33H2/t36-,40?/m0/s1. The zero-order valence-electron chi connectivity index (χ0n) is 29.6. The highest BCUT2D eigenvalue weighted by Crippen LogP contribution is 2.48. The van der Waals surface area contributed by atoms with Gasteiger partial charge >= 0.3 is 0 Å². The Hall–Kier alpha value is -6.38. The van der Waals surface area contributed by atoms with Gasteiger partial charge in [-0.3, -0.25) is 0 Å². The lowest BCUT2D eigenvalue weighted by Gasteiger charge is -2.28. The van der Waals surface area contributed by atoms with Crippen LogP contribution in [-0.4, -0.2) is 0 Å². The molecule has 8 aromatic carbocycles. The van der Waals surface area contributed by atoms with Crippen molar-refractivity contribution >= 4 is 61.2 Å². The molecule has 0 saturated heterocycles. The summed E-state index contributed by atoms with van der Waals surface area (Å²) in [6, 6.07) is 68.5. The molecule has 8 aromatic rings. The Morgan fingerprint density at radius 2 is 0.943 bits per heavy atom. The fourth-order valence-electron chi connectivity index (χ4n) is 8.84. The summed E-state index contributed by atoms with van der Waals surface area (Å²) in [5.74, 6) is 1.51. The molecule has 10 rings (SSSR count). The van der Waals surface area contributed by atoms with Crippen LogP contribution in [0.5, 0.6) is 0 Å². The number of fused-ring (bicyclic) bond motifs is 5. The molecule has 2 aliphatic rings. The normalized spacial score (nSPS) is 16.2. The van der Waals surface area contributed by atoms with Crippen LogP contribution in [0.15, 0.2) is 194 Å². The lowest BCUT2D eigenvalue weighted by atomic mass is 9.92. The molecule has 2 atom stereocenters. The molecule has 1 unspecified atom stereocenters. The van der Waals surface area contributed by atoms with Crippen LogP contribution in [-0.2, 0) is 0 Å². The second-order valence-corrected chi connectivity index (χ2v) is 14.5. The molecule has 0 amide bonds. The monoisotopic (exact) mass is 680 g/mol. The topological polar surface area (TPSA) is 6.48 Å². The van der Waals surface area contributed by atoms with Gasteiger partial charge in [-0.05, 0) is 136 Å². The van der Waals surface area contributed by atoms with Gasteiger partial charge in [-0.15, -0.1) is 0 Å². The number of hydrogen-bond acceptors (Lipinski definition) is 2. The predicted octanol–water partition coefficient (Wildman–Crippen LogP) is 14.4. The maximum Gasteiger partial charge on any atom is 0.0540 e. The summed E-state index contributed by atoms with van der Waals surface area (Å²) in [6.45, 7) is 0. The molecule has 0 radical (unpaired) electrons. The fourth-order valence-corrected chi connectivity index (χ4v) is 8.84. The first-order valence-corrected chi connectivity index (χ1v) is 18.9. The third-order valence-electron chi connectivity index (χ3n) is 11.4. The predicted molar refractivity (Wildman–Crippen MR) is 225 cm³/mol. The summed E-state index contributed by atoms with van der Waals surface area (Å²) in [5.41, 5.74) is 12.3. The van der Waals surface area contributed by atoms with Crippen LogP contribution in [0.4, 0.5) is 34.1 Å². The molecule has 1 saturated carbocycles. The van der Waals surface area contributed by atoms with Crippen molar-refractivity contribution in [3.63, 3.8) is 0 Å². The van der Waals surface area contributed by atoms with Crippen molar-refractivity contribution in [2.75, 3.05) is 9.80 Å². The van der Waals surface area contributed by atoms with Crippen LogP contribution in [0.3, 0.4) is 0 Å². The van der Waals surface area contributed by atoms with E-state index in [1.165, 1.54) is 57.5 Å². The van der Waals surface area contributed by atoms with E-state index in [-0.39, 0.29) is 0 Å². The molecule has 53 heavy (non-hydrogen) atoms. The summed E-state index contributed by atoms with van der Waals surface area (Å²) in [7, 11) is 0. The fraction of sp³-hybridized carbons (Fsp3) is 0.0980. The third kappa shape index (κ3) is 5.77. The quantitative estimate of drug-likeness (QED) is 0.147. The Kier molecular flexibility index (Phi) is 7.87. The van der Waals surface area contributed by atoms with E-state index < -0.39 is 0 Å². The molecule has 2 nitrogen and oxygen atoms in total. The summed E-state index contributed by atoms with van der Waals surface area (Å²) >= 11 is 0. The van der Waals surface area contributed by atoms with Gasteiger partial charge in [0.05, 0.1) is 5.69 Å². The minimum atomic E-state index is 0.732. The number of benzene rings is 8. The van der Waals surface area contributed by atoms with E-state index in [4.69, 9.17) is 0 Å². The molecule has 0 N–H and O–H groups in total. The first-order valence-electron chi connectivity index (χ1n) is 18.9. The van der Waals surface area contributed by atoms with E-state index in [2.05, 4.69) is 204 Å². The molecular formula is C51H40N2. The molecule has 254 valence electrons. The van der Waals surface area contributed by atoms with Crippen molar-refractivity contribution in [1.29, 1.82) is 0 Å². The highest BCUT2D eigenvalue weighted by atomic mass is 15.1. The van der Waals surface area contributed by atoms with Crippen molar-refractivity contribution in [3.05, 3.63) is 200 Å². The van der Waals surface area contributed by atoms with E-state index in [9.17, 15) is 0 Å². The Morgan fingerprint density at radius 1 is 0.377 bits per heavy atom. The van der Waals surface area contributed by atoms with Crippen LogP contribution < -0.4 is 9.80 Å². The third-order valence-corrected chi connectivity index (χ3v) is 11.4. The SMILES string of the molecule is C1=C(c2ccc(N(c3ccc(-c4ccccc4)cc3)c3ccc4c(ccc5c(N(c6ccccc6)c6ccccc6)cccc54)c3)cc2)C2CC[C@H]1C2. The van der Waals surface area contributed by atoms with Crippen molar-refractivity contribution < 1.29 is 0 Å². The average molecular weight is 681 g/mol. The summed E-state index contributed by atoms with van der Waals surface area (Å²) < 4.78 is 0. The highest BCUT2D eigenvalue weighted by molar-refractivity contribution is 6.13. The Bertz CT molecular complexity index is 2530. The molecule has 0 aromatic heterocycles. The van der Waals surface area contributed by atoms with Gasteiger partial charge in [0.25, 0.3) is 0 Å². The van der Waals surface area contributed by atoms with Crippen molar-refractivity contribution in [3.8, 4) is 11.1 Å². The zero-order valence-corrected chi connectivity index (χ0v) is 29.6. The van der Waals surface area contributed by atoms with Gasteiger partial charge in [0.2, 0.25) is 0 Å². The zero-order chi connectivity index (χ0) is 35.1. The highest BCUT2D eigenvalue weighted by Gasteiger charge is 2.33. The van der Waals surface area contributed by atoms with Gasteiger partial charge < -0.3 is 9.80 Å². The van der Waals surface area contributed by atoms with Gasteiger partial charge in [0, 0.05) is 33.8 Å². The van der Waals surface area contributed by atoms with Gasteiger partial charge in [-0.1, -0.05) is 127 Å². The minimum Gasteiger partial charge on any atom is -0.310 e. The molecule has 0 aliphatic heterocycles. The van der Waals surface area contributed by atoms with Crippen LogP contribution >= 0.6 is 0 Å². The van der Waals surface area contributed by atoms with Crippen LogP contribution in [0, 0.1) is 11.8 Å². The lowest BCUT2D eigenvalue weighted by molar-refractivity contribution is 0.695. The summed E-state index contributed by atoms with van der Waals surface area (Å²) in [5, 5.41) is 4.92. The second-order valence-electron chi connectivity index (χ2n) is 14.5. The molecular weight excluding hydrogens is 641 g/mol. The van der Waals surface area contributed by atoms with Gasteiger partial charge in [0.1, 0.15) is 0 Å². The number of nitrogens with zero attached hydrogens (tertiary/aromatic N) is 2. The van der Waals surface area contributed by atoms with E-state index in [1.807, 2.05) is 0 Å². The van der Waals surface area contributed by atoms with E-state index in [1.54, 1.807) is 5.57 Å². The molecule has 0 spiro atoms. The number of allylic oxidation sites excluding steroid dienone is 2. The molecule has 2 bridgehead atoms. The largest absolute Gasteiger partial charge is 0.310 e. The van der Waals surface area contributed by atoms with Crippen molar-refractivity contribution in [2.45, 2.75) is 19.3 Å². The molecule has 0 heterocycles. The number of anilines is 6. The molecule has 2 heteroatoms. The summed E-state index contributed by atoms with van der Waals surface area (Å²) in [6.07, 6.45) is 6.57. The van der Waals surface area contributed by atoms with E-state index in [0.717, 1.165) is 46.0 Å². The molecule has 1 fully saturated rings. The average Bonchev–Trinajstić information content (AvgIpc) is 3.88. The van der Waals surface area contributed by atoms with Crippen molar-refractivity contribution in [1.82, 2.24) is 0 Å². The number of para-hydroxylation sites is 2. The number of hydrogen-bond donors (Lipinski definition) is 0. The summed E-state index contributed by atoms with van der Waals surface area (Å²) in [4.78, 5) is 4.76. The van der Waals surface area contributed by atoms with Crippen LogP contribution in [0.2, 0.25) is 0 Å². The lowest BCUT2D eigenvalue weighted by Crippen LogP contribution is -2.10. The number of rotatable bonds is 8. The Balaban J connectivity index is 1.07. The molecule has 2 aliphatic carbocycles. The smallest absolute Gasteiger partial charge is 0.0540 e. The van der Waals surface area contributed by atoms with Crippen LogP contribution in [0.25, 0.3) is 38.2 Å². The van der Waals surface area contributed by atoms with Gasteiger partial charge in [-0.25, -0.2) is 0 Å². The maximum absolute atomic E-state index is 2.54.